The third-order valence-electron chi connectivity index (χ3n) is 3.28. The van der Waals surface area contributed by atoms with E-state index in [4.69, 9.17) is 5.11 Å². The SMILES string of the molecule is CCN(C(=O)Cn1cccc1C(=O)O)c1cccc(C)c1. The molecule has 1 N–H and O–H groups in total. The van der Waals surface area contributed by atoms with E-state index >= 15 is 0 Å². The molecule has 0 unspecified atom stereocenters. The van der Waals surface area contributed by atoms with Gasteiger partial charge in [-0.3, -0.25) is 4.79 Å². The molecule has 0 spiro atoms. The van der Waals surface area contributed by atoms with Crippen molar-refractivity contribution in [2.45, 2.75) is 20.4 Å². The summed E-state index contributed by atoms with van der Waals surface area (Å²) in [6.45, 7) is 4.41. The number of rotatable bonds is 5. The molecule has 5 heteroatoms. The minimum Gasteiger partial charge on any atom is -0.477 e. The number of carboxylic acids is 1. The van der Waals surface area contributed by atoms with Crippen molar-refractivity contribution >= 4 is 17.6 Å². The first-order valence-electron chi connectivity index (χ1n) is 6.78. The van der Waals surface area contributed by atoms with Crippen LogP contribution in [0.25, 0.3) is 0 Å². The number of aryl methyl sites for hydroxylation is 1. The number of anilines is 1. The van der Waals surface area contributed by atoms with Crippen LogP contribution in [0.5, 0.6) is 0 Å². The Hall–Kier alpha value is -2.56. The van der Waals surface area contributed by atoms with Crippen molar-refractivity contribution in [3.05, 3.63) is 53.9 Å². The number of carboxylic acid groups (broad SMARTS) is 1. The van der Waals surface area contributed by atoms with E-state index in [1.54, 1.807) is 17.2 Å². The molecule has 5 nitrogen and oxygen atoms in total. The van der Waals surface area contributed by atoms with Crippen LogP contribution in [-0.2, 0) is 11.3 Å². The first-order valence-corrected chi connectivity index (χ1v) is 6.78. The molecule has 0 aliphatic rings. The Bertz CT molecular complexity index is 661. The van der Waals surface area contributed by atoms with E-state index in [1.165, 1.54) is 10.6 Å². The molecule has 2 aromatic rings. The highest BCUT2D eigenvalue weighted by Crippen LogP contribution is 2.16. The van der Waals surface area contributed by atoms with E-state index < -0.39 is 5.97 Å². The molecule has 0 fully saturated rings. The molecule has 0 radical (unpaired) electrons. The summed E-state index contributed by atoms with van der Waals surface area (Å²) < 4.78 is 1.45. The lowest BCUT2D eigenvalue weighted by Gasteiger charge is -2.22. The lowest BCUT2D eigenvalue weighted by Crippen LogP contribution is -2.34. The van der Waals surface area contributed by atoms with Crippen LogP contribution in [0.3, 0.4) is 0 Å². The first-order chi connectivity index (χ1) is 10.0. The van der Waals surface area contributed by atoms with Crippen LogP contribution in [0.15, 0.2) is 42.6 Å². The van der Waals surface area contributed by atoms with E-state index in [1.807, 2.05) is 38.1 Å². The molecule has 1 aromatic heterocycles. The highest BCUT2D eigenvalue weighted by molar-refractivity contribution is 5.94. The smallest absolute Gasteiger partial charge is 0.352 e. The largest absolute Gasteiger partial charge is 0.477 e. The second kappa shape index (κ2) is 6.26. The minimum absolute atomic E-state index is 0.0103. The fourth-order valence-electron chi connectivity index (χ4n) is 2.28. The number of hydrogen-bond acceptors (Lipinski definition) is 2. The van der Waals surface area contributed by atoms with Gasteiger partial charge in [-0.15, -0.1) is 0 Å². The Balaban J connectivity index is 2.21. The van der Waals surface area contributed by atoms with Crippen molar-refractivity contribution in [1.29, 1.82) is 0 Å². The molecule has 0 atom stereocenters. The molecule has 0 saturated carbocycles. The number of carbonyl (C=O) groups is 2. The fourth-order valence-corrected chi connectivity index (χ4v) is 2.28. The zero-order chi connectivity index (χ0) is 15.4. The fraction of sp³-hybridized carbons (Fsp3) is 0.250. The summed E-state index contributed by atoms with van der Waals surface area (Å²) in [4.78, 5) is 25.2. The minimum atomic E-state index is -1.04. The zero-order valence-electron chi connectivity index (χ0n) is 12.1. The zero-order valence-corrected chi connectivity index (χ0v) is 12.1. The molecule has 0 bridgehead atoms. The number of carbonyl (C=O) groups excluding carboxylic acids is 1. The molecular weight excluding hydrogens is 268 g/mol. The van der Waals surface area contributed by atoms with E-state index in [9.17, 15) is 9.59 Å². The van der Waals surface area contributed by atoms with Gasteiger partial charge in [-0.05, 0) is 43.7 Å². The molecule has 1 heterocycles. The lowest BCUT2D eigenvalue weighted by molar-refractivity contribution is -0.119. The van der Waals surface area contributed by atoms with Gasteiger partial charge in [0.2, 0.25) is 5.91 Å². The van der Waals surface area contributed by atoms with E-state index in [0.717, 1.165) is 11.3 Å². The lowest BCUT2D eigenvalue weighted by atomic mass is 10.2. The number of nitrogens with zero attached hydrogens (tertiary/aromatic N) is 2. The van der Waals surface area contributed by atoms with Gasteiger partial charge >= 0.3 is 5.97 Å². The van der Waals surface area contributed by atoms with E-state index in [-0.39, 0.29) is 18.1 Å². The summed E-state index contributed by atoms with van der Waals surface area (Å²) in [5.74, 6) is -1.17. The van der Waals surface area contributed by atoms with Gasteiger partial charge < -0.3 is 14.6 Å². The highest BCUT2D eigenvalue weighted by Gasteiger charge is 2.17. The summed E-state index contributed by atoms with van der Waals surface area (Å²) in [5, 5.41) is 9.07. The Morgan fingerprint density at radius 1 is 1.24 bits per heavy atom. The summed E-state index contributed by atoms with van der Waals surface area (Å²) in [6.07, 6.45) is 1.60. The number of amides is 1. The molecule has 0 aliphatic heterocycles. The van der Waals surface area contributed by atoms with Crippen LogP contribution in [-0.4, -0.2) is 28.1 Å². The Morgan fingerprint density at radius 3 is 2.62 bits per heavy atom. The predicted molar refractivity (Wildman–Crippen MR) is 80.6 cm³/mol. The van der Waals surface area contributed by atoms with Crippen LogP contribution in [0.1, 0.15) is 23.0 Å². The van der Waals surface area contributed by atoms with Crippen molar-refractivity contribution in [1.82, 2.24) is 4.57 Å². The quantitative estimate of drug-likeness (QED) is 0.918. The van der Waals surface area contributed by atoms with E-state index in [2.05, 4.69) is 0 Å². The standard InChI is InChI=1S/C16H18N2O3/c1-3-18(13-7-4-6-12(2)10-13)15(19)11-17-9-5-8-14(17)16(20)21/h4-10H,3,11H2,1-2H3,(H,20,21). The number of benzene rings is 1. The average molecular weight is 286 g/mol. The van der Waals surface area contributed by atoms with Gasteiger partial charge in [0.05, 0.1) is 0 Å². The summed E-state index contributed by atoms with van der Waals surface area (Å²) >= 11 is 0. The number of likely N-dealkylation sites (N-methyl/N-ethyl adjacent to an activating group) is 1. The molecule has 0 saturated heterocycles. The van der Waals surface area contributed by atoms with Gasteiger partial charge in [-0.25, -0.2) is 4.79 Å². The van der Waals surface area contributed by atoms with Gasteiger partial charge in [-0.1, -0.05) is 12.1 Å². The third kappa shape index (κ3) is 3.31. The van der Waals surface area contributed by atoms with Crippen LogP contribution >= 0.6 is 0 Å². The summed E-state index contributed by atoms with van der Waals surface area (Å²) in [6, 6.07) is 10.8. The van der Waals surface area contributed by atoms with Crippen molar-refractivity contribution in [3.63, 3.8) is 0 Å². The van der Waals surface area contributed by atoms with E-state index in [0.29, 0.717) is 6.54 Å². The van der Waals surface area contributed by atoms with Crippen molar-refractivity contribution in [2.24, 2.45) is 0 Å². The monoisotopic (exact) mass is 286 g/mol. The maximum absolute atomic E-state index is 12.4. The maximum atomic E-state index is 12.4. The van der Waals surface area contributed by atoms with Gasteiger partial charge in [0.25, 0.3) is 0 Å². The molecule has 110 valence electrons. The predicted octanol–water partition coefficient (Wildman–Crippen LogP) is 2.55. The molecule has 21 heavy (non-hydrogen) atoms. The van der Waals surface area contributed by atoms with Gasteiger partial charge in [-0.2, -0.15) is 0 Å². The summed E-state index contributed by atoms with van der Waals surface area (Å²) in [7, 11) is 0. The molecule has 1 amide bonds. The second-order valence-corrected chi connectivity index (χ2v) is 4.80. The Labute approximate surface area is 123 Å². The molecule has 1 aromatic carbocycles. The molecular formula is C16H18N2O3. The second-order valence-electron chi connectivity index (χ2n) is 4.80. The summed E-state index contributed by atoms with van der Waals surface area (Å²) in [5.41, 5.74) is 2.01. The van der Waals surface area contributed by atoms with Gasteiger partial charge in [0.15, 0.2) is 0 Å². The van der Waals surface area contributed by atoms with Crippen molar-refractivity contribution < 1.29 is 14.7 Å². The maximum Gasteiger partial charge on any atom is 0.352 e. The van der Waals surface area contributed by atoms with Crippen LogP contribution in [0.4, 0.5) is 5.69 Å². The Morgan fingerprint density at radius 2 is 2.00 bits per heavy atom. The van der Waals surface area contributed by atoms with Crippen LogP contribution < -0.4 is 4.90 Å². The molecule has 0 aliphatic carbocycles. The third-order valence-corrected chi connectivity index (χ3v) is 3.28. The Kier molecular flexibility index (Phi) is 4.42. The number of hydrogen-bond donors (Lipinski definition) is 1. The highest BCUT2D eigenvalue weighted by atomic mass is 16.4. The van der Waals surface area contributed by atoms with Gasteiger partial charge in [0.1, 0.15) is 12.2 Å². The van der Waals surface area contributed by atoms with Crippen molar-refractivity contribution in [3.8, 4) is 0 Å². The average Bonchev–Trinajstić information content (AvgIpc) is 2.88. The normalized spacial score (nSPS) is 10.4. The van der Waals surface area contributed by atoms with Crippen molar-refractivity contribution in [2.75, 3.05) is 11.4 Å². The first kappa shape index (κ1) is 14.8. The number of aromatic carboxylic acids is 1. The van der Waals surface area contributed by atoms with Crippen LogP contribution in [0, 0.1) is 6.92 Å². The number of aromatic nitrogens is 1. The van der Waals surface area contributed by atoms with Gasteiger partial charge in [0, 0.05) is 18.4 Å². The topological polar surface area (TPSA) is 62.5 Å². The van der Waals surface area contributed by atoms with Crippen LogP contribution in [0.2, 0.25) is 0 Å². The molecule has 2 rings (SSSR count).